The minimum Gasteiger partial charge on any atom is -0.481 e. The number of hydrogen-bond donors (Lipinski definition) is 1. The average Bonchev–Trinajstić information content (AvgIpc) is 2.30. The lowest BCUT2D eigenvalue weighted by Gasteiger charge is -2.08. The molecule has 0 bridgehead atoms. The fraction of sp³-hybridized carbons (Fsp3) is 0.417. The van der Waals surface area contributed by atoms with E-state index in [0.717, 1.165) is 5.56 Å². The van der Waals surface area contributed by atoms with Gasteiger partial charge in [-0.3, -0.25) is 14.9 Å². The van der Waals surface area contributed by atoms with Gasteiger partial charge in [0.25, 0.3) is 5.69 Å². The minimum atomic E-state index is -0.821. The van der Waals surface area contributed by atoms with Crippen molar-refractivity contribution in [2.75, 3.05) is 5.75 Å². The van der Waals surface area contributed by atoms with Crippen LogP contribution in [0.15, 0.2) is 18.2 Å². The molecule has 1 aromatic rings. The van der Waals surface area contributed by atoms with Crippen molar-refractivity contribution in [3.05, 3.63) is 39.4 Å². The Morgan fingerprint density at radius 1 is 1.56 bits per heavy atom. The lowest BCUT2D eigenvalue weighted by molar-refractivity contribution is -0.385. The van der Waals surface area contributed by atoms with Crippen LogP contribution in [-0.2, 0) is 10.5 Å². The first-order valence-corrected chi connectivity index (χ1v) is 6.62. The van der Waals surface area contributed by atoms with Gasteiger partial charge in [-0.1, -0.05) is 19.1 Å². The van der Waals surface area contributed by atoms with Crippen LogP contribution in [0.2, 0.25) is 0 Å². The molecule has 1 rings (SSSR count). The first-order chi connectivity index (χ1) is 8.43. The molecule has 0 fully saturated rings. The van der Waals surface area contributed by atoms with E-state index >= 15 is 0 Å². The van der Waals surface area contributed by atoms with Crippen LogP contribution in [0.5, 0.6) is 0 Å². The quantitative estimate of drug-likeness (QED) is 0.634. The molecule has 1 aromatic carbocycles. The van der Waals surface area contributed by atoms with Crippen molar-refractivity contribution in [2.24, 2.45) is 5.92 Å². The van der Waals surface area contributed by atoms with Gasteiger partial charge in [0.15, 0.2) is 0 Å². The number of nitro groups is 1. The zero-order valence-electron chi connectivity index (χ0n) is 10.3. The summed E-state index contributed by atoms with van der Waals surface area (Å²) in [7, 11) is 0. The predicted molar refractivity (Wildman–Crippen MR) is 70.8 cm³/mol. The number of benzene rings is 1. The minimum absolute atomic E-state index is 0.111. The van der Waals surface area contributed by atoms with Crippen LogP contribution in [-0.4, -0.2) is 21.8 Å². The predicted octanol–water partition coefficient (Wildman–Crippen LogP) is 2.86. The molecule has 0 aliphatic rings. The largest absolute Gasteiger partial charge is 0.481 e. The van der Waals surface area contributed by atoms with Gasteiger partial charge in [-0.15, -0.1) is 0 Å². The molecule has 0 spiro atoms. The van der Waals surface area contributed by atoms with Crippen molar-refractivity contribution >= 4 is 23.4 Å². The molecule has 1 N–H and O–H groups in total. The van der Waals surface area contributed by atoms with E-state index in [1.54, 1.807) is 19.9 Å². The van der Waals surface area contributed by atoms with Crippen LogP contribution in [0.25, 0.3) is 0 Å². The summed E-state index contributed by atoms with van der Waals surface area (Å²) in [5.41, 5.74) is 1.64. The third-order valence-electron chi connectivity index (χ3n) is 2.66. The van der Waals surface area contributed by atoms with Crippen molar-refractivity contribution < 1.29 is 14.8 Å². The lowest BCUT2D eigenvalue weighted by Crippen LogP contribution is -2.11. The average molecular weight is 269 g/mol. The highest BCUT2D eigenvalue weighted by Gasteiger charge is 2.14. The standard InChI is InChI=1S/C12H15NO4S/c1-8(12(14)15)6-18-7-10-4-3-5-11(9(10)2)13(16)17/h3-5,8H,6-7H2,1-2H3,(H,14,15). The Hall–Kier alpha value is -1.56. The van der Waals surface area contributed by atoms with Gasteiger partial charge < -0.3 is 5.11 Å². The summed E-state index contributed by atoms with van der Waals surface area (Å²) in [4.78, 5) is 21.0. The van der Waals surface area contributed by atoms with Gasteiger partial charge in [-0.2, -0.15) is 11.8 Å². The van der Waals surface area contributed by atoms with E-state index in [1.807, 2.05) is 6.07 Å². The van der Waals surface area contributed by atoms with Crippen molar-refractivity contribution in [3.63, 3.8) is 0 Å². The highest BCUT2D eigenvalue weighted by atomic mass is 32.2. The number of thioether (sulfide) groups is 1. The van der Waals surface area contributed by atoms with Gasteiger partial charge >= 0.3 is 5.97 Å². The summed E-state index contributed by atoms with van der Waals surface area (Å²) < 4.78 is 0. The van der Waals surface area contributed by atoms with Gasteiger partial charge in [-0.05, 0) is 12.5 Å². The highest BCUT2D eigenvalue weighted by Crippen LogP contribution is 2.25. The zero-order valence-corrected chi connectivity index (χ0v) is 11.1. The maximum atomic E-state index is 10.8. The first kappa shape index (κ1) is 14.5. The van der Waals surface area contributed by atoms with Gasteiger partial charge in [-0.25, -0.2) is 0 Å². The molecule has 6 heteroatoms. The van der Waals surface area contributed by atoms with Crippen molar-refractivity contribution in [3.8, 4) is 0 Å². The fourth-order valence-corrected chi connectivity index (χ4v) is 2.59. The van der Waals surface area contributed by atoms with E-state index in [-0.39, 0.29) is 5.69 Å². The van der Waals surface area contributed by atoms with Crippen molar-refractivity contribution in [1.82, 2.24) is 0 Å². The van der Waals surface area contributed by atoms with E-state index in [0.29, 0.717) is 17.1 Å². The lowest BCUT2D eigenvalue weighted by atomic mass is 10.1. The summed E-state index contributed by atoms with van der Waals surface area (Å²) in [5, 5.41) is 19.5. The van der Waals surface area contributed by atoms with E-state index in [4.69, 9.17) is 5.11 Å². The van der Waals surface area contributed by atoms with E-state index in [2.05, 4.69) is 0 Å². The molecular formula is C12H15NO4S. The van der Waals surface area contributed by atoms with Crippen LogP contribution in [0.4, 0.5) is 5.69 Å². The SMILES string of the molecule is Cc1c(CSCC(C)C(=O)O)cccc1[N+](=O)[O-]. The summed E-state index contributed by atoms with van der Waals surface area (Å²) >= 11 is 1.47. The second kappa shape index (κ2) is 6.39. The molecule has 0 amide bonds. The normalized spacial score (nSPS) is 12.1. The Kier molecular flexibility index (Phi) is 5.15. The Balaban J connectivity index is 2.66. The smallest absolute Gasteiger partial charge is 0.307 e. The number of rotatable bonds is 6. The van der Waals surface area contributed by atoms with Gasteiger partial charge in [0.05, 0.1) is 10.8 Å². The van der Waals surface area contributed by atoms with Gasteiger partial charge in [0.1, 0.15) is 0 Å². The summed E-state index contributed by atoms with van der Waals surface area (Å²) in [6, 6.07) is 4.96. The molecule has 0 saturated carbocycles. The number of nitrogens with zero attached hydrogens (tertiary/aromatic N) is 1. The fourth-order valence-electron chi connectivity index (χ4n) is 1.44. The molecule has 5 nitrogen and oxygen atoms in total. The molecule has 1 unspecified atom stereocenters. The molecule has 98 valence electrons. The summed E-state index contributed by atoms with van der Waals surface area (Å²) in [5.74, 6) is -0.143. The number of carbonyl (C=O) groups is 1. The topological polar surface area (TPSA) is 80.4 Å². The molecule has 1 atom stereocenters. The number of nitro benzene ring substituents is 1. The molecule has 0 aliphatic heterocycles. The third kappa shape index (κ3) is 3.73. The van der Waals surface area contributed by atoms with Crippen molar-refractivity contribution in [2.45, 2.75) is 19.6 Å². The van der Waals surface area contributed by atoms with Crippen molar-refractivity contribution in [1.29, 1.82) is 0 Å². The molecule has 0 radical (unpaired) electrons. The maximum absolute atomic E-state index is 10.8. The highest BCUT2D eigenvalue weighted by molar-refractivity contribution is 7.98. The molecule has 0 saturated heterocycles. The van der Waals surface area contributed by atoms with Crippen LogP contribution in [0.3, 0.4) is 0 Å². The molecular weight excluding hydrogens is 254 g/mol. The van der Waals surface area contributed by atoms with Crippen LogP contribution < -0.4 is 0 Å². The number of hydrogen-bond acceptors (Lipinski definition) is 4. The Labute approximate surface area is 109 Å². The van der Waals surface area contributed by atoms with Crippen LogP contribution in [0, 0.1) is 23.0 Å². The second-order valence-corrected chi connectivity index (χ2v) is 5.10. The number of carboxylic acids is 1. The Bertz CT molecular complexity index is 461. The Morgan fingerprint density at radius 3 is 2.78 bits per heavy atom. The van der Waals surface area contributed by atoms with Crippen LogP contribution in [0.1, 0.15) is 18.1 Å². The summed E-state index contributed by atoms with van der Waals surface area (Å²) in [6.07, 6.45) is 0. The molecule has 0 aliphatic carbocycles. The maximum Gasteiger partial charge on any atom is 0.307 e. The van der Waals surface area contributed by atoms with E-state index < -0.39 is 16.8 Å². The van der Waals surface area contributed by atoms with Crippen LogP contribution >= 0.6 is 11.8 Å². The first-order valence-electron chi connectivity index (χ1n) is 5.47. The third-order valence-corrected chi connectivity index (χ3v) is 3.91. The summed E-state index contributed by atoms with van der Waals surface area (Å²) in [6.45, 7) is 3.37. The van der Waals surface area contributed by atoms with E-state index in [1.165, 1.54) is 17.8 Å². The second-order valence-electron chi connectivity index (χ2n) is 4.07. The van der Waals surface area contributed by atoms with E-state index in [9.17, 15) is 14.9 Å². The van der Waals surface area contributed by atoms with Gasteiger partial charge in [0.2, 0.25) is 0 Å². The van der Waals surface area contributed by atoms with Gasteiger partial charge in [0, 0.05) is 23.1 Å². The molecule has 0 heterocycles. The number of carboxylic acid groups (broad SMARTS) is 1. The Morgan fingerprint density at radius 2 is 2.22 bits per heavy atom. The monoisotopic (exact) mass is 269 g/mol. The molecule has 18 heavy (non-hydrogen) atoms. The zero-order chi connectivity index (χ0) is 13.7. The molecule has 0 aromatic heterocycles. The number of aliphatic carboxylic acids is 1.